The van der Waals surface area contributed by atoms with Gasteiger partial charge in [0, 0.05) is 18.3 Å². The first-order valence-electron chi connectivity index (χ1n) is 5.34. The van der Waals surface area contributed by atoms with Gasteiger partial charge >= 0.3 is 0 Å². The number of allylic oxidation sites excluding steroid dienone is 1. The van der Waals surface area contributed by atoms with Gasteiger partial charge in [0.25, 0.3) is 10.1 Å². The molecule has 0 fully saturated rings. The van der Waals surface area contributed by atoms with Crippen molar-refractivity contribution in [1.29, 1.82) is 0 Å². The number of hydrogen-bond acceptors (Lipinski definition) is 4. The topological polar surface area (TPSA) is 83.5 Å². The van der Waals surface area contributed by atoms with Crippen LogP contribution in [0.25, 0.3) is 6.08 Å². The number of rotatable bonds is 2. The first kappa shape index (κ1) is 13.3. The zero-order chi connectivity index (χ0) is 14.2. The number of Topliss-reactive ketones (excluding diaryl/α,β-unsaturated/α-hetero) is 1. The summed E-state index contributed by atoms with van der Waals surface area (Å²) in [5, 5.41) is 2.88. The maximum Gasteiger partial charge on any atom is 0.295 e. The van der Waals surface area contributed by atoms with E-state index in [0.717, 1.165) is 5.69 Å². The molecule has 0 amide bonds. The molecule has 0 saturated carbocycles. The fraction of sp³-hybridized carbons (Fsp3) is 0.0769. The van der Waals surface area contributed by atoms with Crippen molar-refractivity contribution in [3.63, 3.8) is 0 Å². The smallest absolute Gasteiger partial charge is 0.295 e. The first-order chi connectivity index (χ1) is 8.88. The summed E-state index contributed by atoms with van der Waals surface area (Å²) < 4.78 is 31.8. The number of nitrogens with one attached hydrogen (secondary N) is 1. The third-order valence-corrected chi connectivity index (χ3v) is 3.68. The number of anilines is 1. The van der Waals surface area contributed by atoms with Gasteiger partial charge in [-0.2, -0.15) is 8.42 Å². The molecule has 0 aromatic heterocycles. The van der Waals surface area contributed by atoms with E-state index in [9.17, 15) is 13.2 Å². The maximum absolute atomic E-state index is 12.1. The molecule has 0 bridgehead atoms. The molecule has 1 aromatic rings. The molecule has 1 aromatic carbocycles. The van der Waals surface area contributed by atoms with E-state index in [4.69, 9.17) is 4.55 Å². The van der Waals surface area contributed by atoms with Crippen LogP contribution in [0, 0.1) is 0 Å². The summed E-state index contributed by atoms with van der Waals surface area (Å²) in [4.78, 5) is 11.6. The lowest BCUT2D eigenvalue weighted by molar-refractivity contribution is 0.103. The predicted molar refractivity (Wildman–Crippen MR) is 72.5 cm³/mol. The molecule has 0 spiro atoms. The lowest BCUT2D eigenvalue weighted by Crippen LogP contribution is -2.17. The highest BCUT2D eigenvalue weighted by atomic mass is 32.2. The molecule has 6 heteroatoms. The highest BCUT2D eigenvalue weighted by Gasteiger charge is 2.30. The van der Waals surface area contributed by atoms with Gasteiger partial charge in [-0.15, -0.1) is 5.73 Å². The van der Waals surface area contributed by atoms with Crippen molar-refractivity contribution in [3.05, 3.63) is 52.1 Å². The van der Waals surface area contributed by atoms with Crippen LogP contribution in [0.3, 0.4) is 0 Å². The van der Waals surface area contributed by atoms with Gasteiger partial charge in [0.1, 0.15) is 4.91 Å². The molecule has 0 aliphatic heterocycles. The van der Waals surface area contributed by atoms with Crippen LogP contribution in [0.15, 0.2) is 41.0 Å². The Morgan fingerprint density at radius 1 is 1.37 bits per heavy atom. The van der Waals surface area contributed by atoms with Crippen LogP contribution in [0.2, 0.25) is 0 Å². The van der Waals surface area contributed by atoms with E-state index < -0.39 is 20.8 Å². The second-order valence-corrected chi connectivity index (χ2v) is 5.31. The van der Waals surface area contributed by atoms with Crippen molar-refractivity contribution in [2.75, 3.05) is 12.4 Å². The fourth-order valence-electron chi connectivity index (χ4n) is 1.88. The van der Waals surface area contributed by atoms with Crippen molar-refractivity contribution in [3.8, 4) is 0 Å². The second kappa shape index (κ2) is 4.51. The van der Waals surface area contributed by atoms with Gasteiger partial charge in [-0.25, -0.2) is 0 Å². The molecule has 2 rings (SSSR count). The predicted octanol–water partition coefficient (Wildman–Crippen LogP) is 1.86. The van der Waals surface area contributed by atoms with E-state index in [1.165, 1.54) is 6.08 Å². The minimum atomic E-state index is -4.50. The van der Waals surface area contributed by atoms with Gasteiger partial charge in [-0.3, -0.25) is 9.35 Å². The van der Waals surface area contributed by atoms with Crippen LogP contribution < -0.4 is 5.32 Å². The Balaban J connectivity index is 2.79. The summed E-state index contributed by atoms with van der Waals surface area (Å²) in [6.07, 6.45) is 1.24. The molecule has 0 radical (unpaired) electrons. The summed E-state index contributed by atoms with van der Waals surface area (Å²) in [7, 11) is -2.80. The van der Waals surface area contributed by atoms with Gasteiger partial charge in [0.05, 0.1) is 5.57 Å². The van der Waals surface area contributed by atoms with Crippen molar-refractivity contribution in [2.45, 2.75) is 0 Å². The van der Waals surface area contributed by atoms with E-state index in [-0.39, 0.29) is 5.57 Å². The standard InChI is InChI=1S/C13H11NO4S/c1-3-10-12(19(16,17)18)7-8-6-9(14-2)4-5-11(8)13(10)15/h4-7,14H,1H2,2H3,(H,16,17,18). The molecule has 1 aliphatic rings. The summed E-state index contributed by atoms with van der Waals surface area (Å²) in [5.41, 5.74) is 3.52. The number of ketones is 1. The second-order valence-electron chi connectivity index (χ2n) is 3.92. The molecule has 0 saturated heterocycles. The Morgan fingerprint density at radius 2 is 2.05 bits per heavy atom. The average molecular weight is 277 g/mol. The molecule has 5 nitrogen and oxygen atoms in total. The van der Waals surface area contributed by atoms with Crippen LogP contribution >= 0.6 is 0 Å². The van der Waals surface area contributed by atoms with Gasteiger partial charge in [-0.1, -0.05) is 6.58 Å². The number of carbonyl (C=O) groups excluding carboxylic acids is 1. The number of hydrogen-bond donors (Lipinski definition) is 2. The Labute approximate surface area is 110 Å². The highest BCUT2D eigenvalue weighted by molar-refractivity contribution is 7.90. The van der Waals surface area contributed by atoms with E-state index in [1.807, 2.05) is 0 Å². The van der Waals surface area contributed by atoms with E-state index >= 15 is 0 Å². The molecule has 0 atom stereocenters. The third kappa shape index (κ3) is 2.24. The van der Waals surface area contributed by atoms with E-state index in [0.29, 0.717) is 11.1 Å². The molecular weight excluding hydrogens is 266 g/mol. The van der Waals surface area contributed by atoms with Gasteiger partial charge < -0.3 is 5.32 Å². The Bertz CT molecular complexity index is 753. The minimum Gasteiger partial charge on any atom is -0.388 e. The monoisotopic (exact) mass is 277 g/mol. The van der Waals surface area contributed by atoms with Crippen LogP contribution in [0.5, 0.6) is 0 Å². The van der Waals surface area contributed by atoms with Crippen LogP contribution in [0.1, 0.15) is 15.9 Å². The van der Waals surface area contributed by atoms with Gasteiger partial charge in [0.2, 0.25) is 5.78 Å². The summed E-state index contributed by atoms with van der Waals surface area (Å²) >= 11 is 0. The number of carbonyl (C=O) groups is 1. The third-order valence-electron chi connectivity index (χ3n) is 2.80. The van der Waals surface area contributed by atoms with E-state index in [2.05, 4.69) is 17.6 Å². The maximum atomic E-state index is 12.1. The Morgan fingerprint density at radius 3 is 2.58 bits per heavy atom. The summed E-state index contributed by atoms with van der Waals surface area (Å²) in [6.45, 7) is 3.29. The van der Waals surface area contributed by atoms with Crippen molar-refractivity contribution in [1.82, 2.24) is 0 Å². The van der Waals surface area contributed by atoms with E-state index in [1.54, 1.807) is 25.2 Å². The molecule has 0 unspecified atom stereocenters. The molecule has 98 valence electrons. The fourth-order valence-corrected chi connectivity index (χ4v) is 2.57. The average Bonchev–Trinajstić information content (AvgIpc) is 2.36. The van der Waals surface area contributed by atoms with Crippen molar-refractivity contribution in [2.24, 2.45) is 0 Å². The van der Waals surface area contributed by atoms with Gasteiger partial charge in [-0.05, 0) is 29.8 Å². The van der Waals surface area contributed by atoms with Crippen LogP contribution in [0.4, 0.5) is 5.69 Å². The van der Waals surface area contributed by atoms with Gasteiger partial charge in [0.15, 0.2) is 0 Å². The molecule has 0 heterocycles. The summed E-state index contributed by atoms with van der Waals surface area (Å²) in [6, 6.07) is 4.90. The zero-order valence-electron chi connectivity index (χ0n) is 10.1. The normalized spacial score (nSPS) is 14.5. The SMILES string of the molecule is C=C=C1C(=O)c2ccc(NC)cc2C=C1S(=O)(=O)O. The quantitative estimate of drug-likeness (QED) is 0.490. The summed E-state index contributed by atoms with van der Waals surface area (Å²) in [5.74, 6) is -0.525. The Hall–Kier alpha value is -2.14. The molecular formula is C13H11NO4S. The van der Waals surface area contributed by atoms with Crippen LogP contribution in [-0.2, 0) is 10.1 Å². The minimum absolute atomic E-state index is 0.243. The van der Waals surface area contributed by atoms with Crippen LogP contribution in [-0.4, -0.2) is 25.8 Å². The van der Waals surface area contributed by atoms with Crippen molar-refractivity contribution < 1.29 is 17.8 Å². The lowest BCUT2D eigenvalue weighted by atomic mass is 9.92. The molecule has 19 heavy (non-hydrogen) atoms. The lowest BCUT2D eigenvalue weighted by Gasteiger charge is -2.16. The zero-order valence-corrected chi connectivity index (χ0v) is 10.9. The van der Waals surface area contributed by atoms with Crippen molar-refractivity contribution >= 4 is 27.7 Å². The molecule has 2 N–H and O–H groups in total. The largest absolute Gasteiger partial charge is 0.388 e. The molecule has 1 aliphatic carbocycles. The first-order valence-corrected chi connectivity index (χ1v) is 6.78. The number of benzene rings is 1. The number of fused-ring (bicyclic) bond motifs is 1. The highest BCUT2D eigenvalue weighted by Crippen LogP contribution is 2.31. The Kier molecular flexibility index (Phi) is 3.16.